The summed E-state index contributed by atoms with van der Waals surface area (Å²) in [6.45, 7) is 0.181. The van der Waals surface area contributed by atoms with Crippen LogP contribution in [0.5, 0.6) is 5.75 Å². The van der Waals surface area contributed by atoms with Crippen LogP contribution in [0.4, 0.5) is 13.2 Å². The van der Waals surface area contributed by atoms with Crippen molar-refractivity contribution >= 4 is 31.9 Å². The summed E-state index contributed by atoms with van der Waals surface area (Å²) >= 11 is 6.66. The zero-order chi connectivity index (χ0) is 16.0. The lowest BCUT2D eigenvalue weighted by Crippen LogP contribution is -2.21. The van der Waals surface area contributed by atoms with Crippen LogP contribution in [0.25, 0.3) is 0 Å². The van der Waals surface area contributed by atoms with Crippen LogP contribution >= 0.6 is 31.9 Å². The lowest BCUT2D eigenvalue weighted by molar-refractivity contribution is -0.186. The molecule has 2 N–H and O–H groups in total. The maximum atomic E-state index is 11.9. The van der Waals surface area contributed by atoms with Gasteiger partial charge in [-0.3, -0.25) is 0 Å². The molecule has 0 aliphatic rings. The van der Waals surface area contributed by atoms with Gasteiger partial charge < -0.3 is 15.2 Å². The van der Waals surface area contributed by atoms with E-state index >= 15 is 0 Å². The van der Waals surface area contributed by atoms with Gasteiger partial charge in [-0.1, -0.05) is 6.92 Å². The van der Waals surface area contributed by atoms with Crippen LogP contribution in [0.1, 0.15) is 18.9 Å². The van der Waals surface area contributed by atoms with E-state index in [1.165, 1.54) is 0 Å². The summed E-state index contributed by atoms with van der Waals surface area (Å²) in [6.07, 6.45) is -2.80. The van der Waals surface area contributed by atoms with Crippen molar-refractivity contribution in [3.8, 4) is 5.75 Å². The number of halogens is 5. The Morgan fingerprint density at radius 3 is 2.29 bits per heavy atom. The van der Waals surface area contributed by atoms with Gasteiger partial charge in [-0.05, 0) is 62.4 Å². The summed E-state index contributed by atoms with van der Waals surface area (Å²) in [5.41, 5.74) is 6.90. The highest BCUT2D eigenvalue weighted by molar-refractivity contribution is 9.11. The smallest absolute Gasteiger partial charge is 0.411 e. The topological polar surface area (TPSA) is 44.5 Å². The fourth-order valence-electron chi connectivity index (χ4n) is 1.57. The van der Waals surface area contributed by atoms with Crippen molar-refractivity contribution in [1.82, 2.24) is 0 Å². The Morgan fingerprint density at radius 2 is 1.81 bits per heavy atom. The minimum atomic E-state index is -4.36. The number of hydrogen-bond acceptors (Lipinski definition) is 3. The molecule has 8 heteroatoms. The SMILES string of the molecule is CCC(N)Cc1cc(Br)c(OCOCC(F)(F)F)c(Br)c1. The molecule has 0 aromatic heterocycles. The lowest BCUT2D eigenvalue weighted by atomic mass is 10.0. The number of rotatable bonds is 7. The Labute approximate surface area is 138 Å². The molecule has 0 saturated heterocycles. The van der Waals surface area contributed by atoms with Gasteiger partial charge in [-0.2, -0.15) is 13.2 Å². The molecule has 0 aliphatic heterocycles. The normalized spacial score (nSPS) is 13.3. The van der Waals surface area contributed by atoms with Crippen molar-refractivity contribution in [2.24, 2.45) is 5.73 Å². The zero-order valence-electron chi connectivity index (χ0n) is 11.3. The molecule has 1 rings (SSSR count). The molecular weight excluding hydrogens is 419 g/mol. The van der Waals surface area contributed by atoms with Gasteiger partial charge in [-0.25, -0.2) is 0 Å². The summed E-state index contributed by atoms with van der Waals surface area (Å²) in [7, 11) is 0. The molecule has 1 atom stereocenters. The van der Waals surface area contributed by atoms with E-state index in [1.54, 1.807) is 0 Å². The number of ether oxygens (including phenoxy) is 2. The average molecular weight is 435 g/mol. The minimum Gasteiger partial charge on any atom is -0.465 e. The van der Waals surface area contributed by atoms with Gasteiger partial charge in [0.25, 0.3) is 0 Å². The van der Waals surface area contributed by atoms with Gasteiger partial charge in [0, 0.05) is 6.04 Å². The average Bonchev–Trinajstić information content (AvgIpc) is 2.35. The summed E-state index contributed by atoms with van der Waals surface area (Å²) in [5, 5.41) is 0. The van der Waals surface area contributed by atoms with E-state index in [1.807, 2.05) is 19.1 Å². The van der Waals surface area contributed by atoms with Crippen LogP contribution in [0, 0.1) is 0 Å². The molecule has 21 heavy (non-hydrogen) atoms. The van der Waals surface area contributed by atoms with E-state index < -0.39 is 19.6 Å². The van der Waals surface area contributed by atoms with E-state index in [9.17, 15) is 13.2 Å². The third-order valence-electron chi connectivity index (χ3n) is 2.63. The van der Waals surface area contributed by atoms with Crippen LogP contribution in [0.3, 0.4) is 0 Å². The Morgan fingerprint density at radius 1 is 1.24 bits per heavy atom. The van der Waals surface area contributed by atoms with Crippen molar-refractivity contribution in [2.45, 2.75) is 32.0 Å². The number of benzene rings is 1. The van der Waals surface area contributed by atoms with Crippen molar-refractivity contribution in [1.29, 1.82) is 0 Å². The van der Waals surface area contributed by atoms with Crippen molar-refractivity contribution < 1.29 is 22.6 Å². The van der Waals surface area contributed by atoms with Crippen molar-refractivity contribution in [3.05, 3.63) is 26.6 Å². The monoisotopic (exact) mass is 433 g/mol. The first-order chi connectivity index (χ1) is 9.73. The Balaban J connectivity index is 2.63. The predicted molar refractivity (Wildman–Crippen MR) is 81.3 cm³/mol. The summed E-state index contributed by atoms with van der Waals surface area (Å²) < 4.78 is 46.7. The minimum absolute atomic E-state index is 0.0608. The van der Waals surface area contributed by atoms with E-state index in [-0.39, 0.29) is 6.04 Å². The molecule has 1 aromatic carbocycles. The number of nitrogens with two attached hydrogens (primary N) is 1. The van der Waals surface area contributed by atoms with Crippen LogP contribution in [0.15, 0.2) is 21.1 Å². The van der Waals surface area contributed by atoms with Crippen LogP contribution in [-0.4, -0.2) is 25.6 Å². The number of alkyl halides is 3. The summed E-state index contributed by atoms with van der Waals surface area (Å²) in [4.78, 5) is 0. The second kappa shape index (κ2) is 8.36. The highest BCUT2D eigenvalue weighted by Crippen LogP contribution is 2.35. The quantitative estimate of drug-likeness (QED) is 0.510. The molecular formula is C13H16Br2F3NO2. The first-order valence-corrected chi connectivity index (χ1v) is 7.82. The molecule has 0 saturated carbocycles. The van der Waals surface area contributed by atoms with Crippen molar-refractivity contribution in [2.75, 3.05) is 13.4 Å². The van der Waals surface area contributed by atoms with Gasteiger partial charge in [-0.15, -0.1) is 0 Å². The van der Waals surface area contributed by atoms with E-state index in [2.05, 4.69) is 36.6 Å². The molecule has 0 spiro atoms. The van der Waals surface area contributed by atoms with Gasteiger partial charge in [0.15, 0.2) is 12.5 Å². The molecule has 1 aromatic rings. The molecule has 0 fully saturated rings. The first-order valence-electron chi connectivity index (χ1n) is 6.23. The molecule has 0 aliphatic carbocycles. The van der Waals surface area contributed by atoms with Gasteiger partial charge in [0.2, 0.25) is 0 Å². The molecule has 0 amide bonds. The molecule has 3 nitrogen and oxygen atoms in total. The lowest BCUT2D eigenvalue weighted by Gasteiger charge is -2.14. The second-order valence-electron chi connectivity index (χ2n) is 4.49. The highest BCUT2D eigenvalue weighted by Gasteiger charge is 2.27. The van der Waals surface area contributed by atoms with Crippen molar-refractivity contribution in [3.63, 3.8) is 0 Å². The van der Waals surface area contributed by atoms with Crippen LogP contribution < -0.4 is 10.5 Å². The predicted octanol–water partition coefficient (Wildman–Crippen LogP) is 4.41. The van der Waals surface area contributed by atoms with Gasteiger partial charge in [0.05, 0.1) is 8.95 Å². The Kier molecular flexibility index (Phi) is 7.46. The van der Waals surface area contributed by atoms with E-state index in [4.69, 9.17) is 10.5 Å². The summed E-state index contributed by atoms with van der Waals surface area (Å²) in [5.74, 6) is 0.394. The highest BCUT2D eigenvalue weighted by atomic mass is 79.9. The largest absolute Gasteiger partial charge is 0.465 e. The van der Waals surface area contributed by atoms with E-state index in [0.29, 0.717) is 21.1 Å². The molecule has 120 valence electrons. The first kappa shape index (κ1) is 18.7. The zero-order valence-corrected chi connectivity index (χ0v) is 14.5. The van der Waals surface area contributed by atoms with Crippen LogP contribution in [0.2, 0.25) is 0 Å². The fraction of sp³-hybridized carbons (Fsp3) is 0.538. The third-order valence-corrected chi connectivity index (χ3v) is 3.81. The molecule has 0 heterocycles. The fourth-order valence-corrected chi connectivity index (χ4v) is 3.08. The summed E-state index contributed by atoms with van der Waals surface area (Å²) in [6, 6.07) is 3.73. The van der Waals surface area contributed by atoms with E-state index in [0.717, 1.165) is 12.0 Å². The van der Waals surface area contributed by atoms with Gasteiger partial charge >= 0.3 is 6.18 Å². The molecule has 0 radical (unpaired) electrons. The maximum absolute atomic E-state index is 11.9. The Hall–Kier alpha value is -0.310. The van der Waals surface area contributed by atoms with Crippen LogP contribution in [-0.2, 0) is 11.2 Å². The van der Waals surface area contributed by atoms with Gasteiger partial charge in [0.1, 0.15) is 6.61 Å². The second-order valence-corrected chi connectivity index (χ2v) is 6.20. The third kappa shape index (κ3) is 6.99. The Bertz CT molecular complexity index is 446. The molecule has 0 bridgehead atoms. The standard InChI is InChI=1S/C13H16Br2F3NO2/c1-2-9(19)3-8-4-10(14)12(11(15)5-8)21-7-20-6-13(16,17)18/h4-5,9H,2-3,6-7,19H2,1H3. The maximum Gasteiger partial charge on any atom is 0.411 e. The number of hydrogen-bond donors (Lipinski definition) is 1. The molecule has 1 unspecified atom stereocenters.